The largest absolute Gasteiger partial charge is 0.486 e. The first kappa shape index (κ1) is 21.8. The highest BCUT2D eigenvalue weighted by Gasteiger charge is 2.16. The predicted molar refractivity (Wildman–Crippen MR) is 132 cm³/mol. The van der Waals surface area contributed by atoms with Crippen molar-refractivity contribution >= 4 is 28.9 Å². The molecule has 3 aromatic rings. The molecule has 0 atom stereocenters. The Hall–Kier alpha value is -4.00. The zero-order chi connectivity index (χ0) is 23.5. The molecule has 2 amide bonds. The van der Waals surface area contributed by atoms with Gasteiger partial charge < -0.3 is 25.4 Å². The van der Waals surface area contributed by atoms with Gasteiger partial charge in [-0.2, -0.15) is 0 Å². The lowest BCUT2D eigenvalue weighted by atomic mass is 10.0. The van der Waals surface area contributed by atoms with Crippen molar-refractivity contribution in [3.63, 3.8) is 0 Å². The summed E-state index contributed by atoms with van der Waals surface area (Å²) in [4.78, 5) is 25.8. The van der Waals surface area contributed by atoms with Gasteiger partial charge in [0.25, 0.3) is 11.8 Å². The van der Waals surface area contributed by atoms with Gasteiger partial charge >= 0.3 is 0 Å². The first-order chi connectivity index (χ1) is 16.6. The van der Waals surface area contributed by atoms with E-state index in [0.717, 1.165) is 37.1 Å². The highest BCUT2D eigenvalue weighted by Crippen LogP contribution is 2.31. The lowest BCUT2D eigenvalue weighted by Gasteiger charge is -2.18. The molecular formula is C27H27N3O4. The molecule has 34 heavy (non-hydrogen) atoms. The van der Waals surface area contributed by atoms with Crippen LogP contribution in [-0.4, -0.2) is 31.6 Å². The van der Waals surface area contributed by atoms with Crippen LogP contribution in [0.25, 0.3) is 0 Å². The minimum Gasteiger partial charge on any atom is -0.486 e. The number of nitrogens with one attached hydrogen (secondary N) is 3. The van der Waals surface area contributed by atoms with Crippen molar-refractivity contribution in [2.24, 2.45) is 0 Å². The van der Waals surface area contributed by atoms with Gasteiger partial charge in [-0.15, -0.1) is 0 Å². The summed E-state index contributed by atoms with van der Waals surface area (Å²) in [7, 11) is 0. The van der Waals surface area contributed by atoms with E-state index in [9.17, 15) is 9.59 Å². The number of hydrogen-bond acceptors (Lipinski definition) is 5. The minimum atomic E-state index is -0.267. The van der Waals surface area contributed by atoms with Crippen molar-refractivity contribution < 1.29 is 19.1 Å². The number of carbonyl (C=O) groups excluding carboxylic acids is 2. The molecule has 3 N–H and O–H groups in total. The normalized spacial score (nSPS) is 14.3. The number of rotatable bonds is 4. The van der Waals surface area contributed by atoms with E-state index in [1.807, 2.05) is 37.3 Å². The number of fused-ring (bicyclic) bond motifs is 2. The van der Waals surface area contributed by atoms with E-state index in [1.54, 1.807) is 24.3 Å². The number of ether oxygens (including phenoxy) is 2. The molecule has 0 saturated carbocycles. The van der Waals surface area contributed by atoms with Crippen LogP contribution in [0.2, 0.25) is 0 Å². The zero-order valence-electron chi connectivity index (χ0n) is 19.1. The average Bonchev–Trinajstić information content (AvgIpc) is 3.10. The number of anilines is 3. The van der Waals surface area contributed by atoms with Crippen molar-refractivity contribution in [1.29, 1.82) is 0 Å². The monoisotopic (exact) mass is 457 g/mol. The van der Waals surface area contributed by atoms with Gasteiger partial charge in [-0.1, -0.05) is 6.07 Å². The minimum absolute atomic E-state index is 0.176. The van der Waals surface area contributed by atoms with Crippen molar-refractivity contribution in [1.82, 2.24) is 0 Å². The number of amides is 2. The number of aryl methyl sites for hydroxylation is 2. The molecule has 0 aromatic heterocycles. The van der Waals surface area contributed by atoms with E-state index in [-0.39, 0.29) is 11.8 Å². The fourth-order valence-corrected chi connectivity index (χ4v) is 4.19. The predicted octanol–water partition coefficient (Wildman–Crippen LogP) is 5.02. The second kappa shape index (κ2) is 9.47. The van der Waals surface area contributed by atoms with Gasteiger partial charge in [-0.25, -0.2) is 0 Å². The molecule has 0 bridgehead atoms. The van der Waals surface area contributed by atoms with Crippen LogP contribution in [0.1, 0.15) is 44.7 Å². The van der Waals surface area contributed by atoms with Gasteiger partial charge in [0.1, 0.15) is 13.2 Å². The van der Waals surface area contributed by atoms with E-state index in [1.165, 1.54) is 5.56 Å². The Labute approximate surface area is 198 Å². The molecule has 3 aromatic carbocycles. The Morgan fingerprint density at radius 3 is 2.47 bits per heavy atom. The highest BCUT2D eigenvalue weighted by molar-refractivity contribution is 6.07. The quantitative estimate of drug-likeness (QED) is 0.512. The molecule has 174 valence electrons. The SMILES string of the molecule is Cc1ccc(NC(=O)c2ccc3c(c2)OCCO3)cc1NC(=O)c1ccc2c(c1)CCCCN2. The summed E-state index contributed by atoms with van der Waals surface area (Å²) in [5, 5.41) is 9.31. The topological polar surface area (TPSA) is 88.7 Å². The molecule has 2 aliphatic heterocycles. The van der Waals surface area contributed by atoms with Crippen LogP contribution in [0.4, 0.5) is 17.1 Å². The third-order valence-corrected chi connectivity index (χ3v) is 6.10. The summed E-state index contributed by atoms with van der Waals surface area (Å²) < 4.78 is 11.1. The van der Waals surface area contributed by atoms with Crippen LogP contribution in [0.5, 0.6) is 11.5 Å². The van der Waals surface area contributed by atoms with Crippen LogP contribution in [0.15, 0.2) is 54.6 Å². The summed E-state index contributed by atoms with van der Waals surface area (Å²) in [6, 6.07) is 16.4. The van der Waals surface area contributed by atoms with E-state index < -0.39 is 0 Å². The summed E-state index contributed by atoms with van der Waals surface area (Å²) in [6.45, 7) is 3.84. The van der Waals surface area contributed by atoms with Crippen LogP contribution >= 0.6 is 0 Å². The Morgan fingerprint density at radius 2 is 1.59 bits per heavy atom. The second-order valence-corrected chi connectivity index (χ2v) is 8.55. The lowest BCUT2D eigenvalue weighted by molar-refractivity contribution is 0.101. The number of carbonyl (C=O) groups is 2. The molecule has 5 rings (SSSR count). The summed E-state index contributed by atoms with van der Waals surface area (Å²) >= 11 is 0. The van der Waals surface area contributed by atoms with Crippen molar-refractivity contribution in [2.75, 3.05) is 35.7 Å². The van der Waals surface area contributed by atoms with Crippen LogP contribution in [-0.2, 0) is 6.42 Å². The Kier molecular flexibility index (Phi) is 6.08. The van der Waals surface area contributed by atoms with Gasteiger partial charge in [-0.05, 0) is 85.8 Å². The smallest absolute Gasteiger partial charge is 0.255 e. The van der Waals surface area contributed by atoms with E-state index in [0.29, 0.717) is 47.2 Å². The fraction of sp³-hybridized carbons (Fsp3) is 0.259. The van der Waals surface area contributed by atoms with E-state index >= 15 is 0 Å². The molecule has 0 spiro atoms. The van der Waals surface area contributed by atoms with Crippen molar-refractivity contribution in [3.8, 4) is 11.5 Å². The Bertz CT molecular complexity index is 1250. The second-order valence-electron chi connectivity index (χ2n) is 8.55. The van der Waals surface area contributed by atoms with Crippen LogP contribution < -0.4 is 25.4 Å². The van der Waals surface area contributed by atoms with Gasteiger partial charge in [0.05, 0.1) is 0 Å². The molecule has 7 nitrogen and oxygen atoms in total. The summed E-state index contributed by atoms with van der Waals surface area (Å²) in [5.74, 6) is 0.755. The summed E-state index contributed by atoms with van der Waals surface area (Å²) in [6.07, 6.45) is 3.19. The van der Waals surface area contributed by atoms with Gasteiger partial charge in [0, 0.05) is 34.7 Å². The molecular weight excluding hydrogens is 430 g/mol. The molecule has 0 aliphatic carbocycles. The van der Waals surface area contributed by atoms with Crippen molar-refractivity contribution in [2.45, 2.75) is 26.2 Å². The average molecular weight is 458 g/mol. The summed E-state index contributed by atoms with van der Waals surface area (Å²) in [5.41, 5.74) is 5.50. The molecule has 0 fully saturated rings. The van der Waals surface area contributed by atoms with Gasteiger partial charge in [0.15, 0.2) is 11.5 Å². The Morgan fingerprint density at radius 1 is 0.824 bits per heavy atom. The number of benzene rings is 3. The molecule has 0 saturated heterocycles. The Balaban J connectivity index is 1.30. The third kappa shape index (κ3) is 4.69. The molecule has 7 heteroatoms. The third-order valence-electron chi connectivity index (χ3n) is 6.10. The van der Waals surface area contributed by atoms with Crippen LogP contribution in [0.3, 0.4) is 0 Å². The van der Waals surface area contributed by atoms with E-state index in [2.05, 4.69) is 16.0 Å². The fourth-order valence-electron chi connectivity index (χ4n) is 4.19. The molecule has 0 unspecified atom stereocenters. The van der Waals surface area contributed by atoms with Crippen LogP contribution in [0, 0.1) is 6.92 Å². The molecule has 2 heterocycles. The highest BCUT2D eigenvalue weighted by atomic mass is 16.6. The zero-order valence-corrected chi connectivity index (χ0v) is 19.1. The standard InChI is InChI=1S/C27H27N3O4/c1-17-5-8-21(29-26(31)20-7-10-24-25(15-20)34-13-12-33-24)16-23(17)30-27(32)19-6-9-22-18(14-19)4-2-3-11-28-22/h5-10,14-16,28H,2-4,11-13H2,1H3,(H,29,31)(H,30,32). The lowest BCUT2D eigenvalue weighted by Crippen LogP contribution is -2.17. The maximum atomic E-state index is 13.0. The number of hydrogen-bond donors (Lipinski definition) is 3. The first-order valence-corrected chi connectivity index (χ1v) is 11.6. The van der Waals surface area contributed by atoms with Gasteiger partial charge in [-0.3, -0.25) is 9.59 Å². The first-order valence-electron chi connectivity index (χ1n) is 11.6. The maximum absolute atomic E-state index is 13.0. The van der Waals surface area contributed by atoms with E-state index in [4.69, 9.17) is 9.47 Å². The van der Waals surface area contributed by atoms with Gasteiger partial charge in [0.2, 0.25) is 0 Å². The molecule has 2 aliphatic rings. The van der Waals surface area contributed by atoms with Crippen molar-refractivity contribution in [3.05, 3.63) is 76.9 Å². The maximum Gasteiger partial charge on any atom is 0.255 e. The molecule has 0 radical (unpaired) electrons.